The molecule has 0 aromatic carbocycles. The van der Waals surface area contributed by atoms with Crippen molar-refractivity contribution in [3.8, 4) is 0 Å². The monoisotopic (exact) mass is 383 g/mol. The highest BCUT2D eigenvalue weighted by Crippen LogP contribution is 2.25. The first-order valence-corrected chi connectivity index (χ1v) is 10.4. The summed E-state index contributed by atoms with van der Waals surface area (Å²) in [7, 11) is 0. The van der Waals surface area contributed by atoms with Crippen LogP contribution >= 0.6 is 0 Å². The predicted octanol–water partition coefficient (Wildman–Crippen LogP) is 2.80. The van der Waals surface area contributed by atoms with E-state index < -0.39 is 0 Å². The van der Waals surface area contributed by atoms with Gasteiger partial charge in [0.25, 0.3) is 5.91 Å². The molecule has 2 saturated heterocycles. The van der Waals surface area contributed by atoms with Crippen molar-refractivity contribution < 1.29 is 9.59 Å². The maximum absolute atomic E-state index is 13.1. The molecule has 0 bridgehead atoms. The number of amides is 2. The number of aromatic nitrogens is 3. The molecule has 0 N–H and O–H groups in total. The highest BCUT2D eigenvalue weighted by molar-refractivity contribution is 5.98. The van der Waals surface area contributed by atoms with Crippen LogP contribution in [0.4, 0.5) is 0 Å². The average Bonchev–Trinajstić information content (AvgIpc) is 3.36. The molecule has 0 saturated carbocycles. The number of aryl methyl sites for hydroxylation is 1. The highest BCUT2D eigenvalue weighted by atomic mass is 16.2. The number of rotatable bonds is 3. The molecule has 2 aliphatic heterocycles. The van der Waals surface area contributed by atoms with Crippen molar-refractivity contribution in [2.24, 2.45) is 5.92 Å². The molecule has 0 radical (unpaired) electrons. The molecule has 2 aliphatic rings. The molecule has 2 aromatic rings. The Hall–Kier alpha value is -2.44. The Morgan fingerprint density at radius 2 is 1.75 bits per heavy atom. The Labute approximate surface area is 165 Å². The molecule has 2 aromatic heterocycles. The Morgan fingerprint density at radius 1 is 1.07 bits per heavy atom. The lowest BCUT2D eigenvalue weighted by atomic mass is 9.94. The largest absolute Gasteiger partial charge is 0.342 e. The van der Waals surface area contributed by atoms with Crippen LogP contribution in [-0.4, -0.2) is 62.6 Å². The summed E-state index contributed by atoms with van der Waals surface area (Å²) in [5.41, 5.74) is 2.19. The summed E-state index contributed by atoms with van der Waals surface area (Å²) < 4.78 is 1.88. The van der Waals surface area contributed by atoms with Crippen LogP contribution in [0.2, 0.25) is 0 Å². The van der Waals surface area contributed by atoms with Gasteiger partial charge in [-0.3, -0.25) is 9.59 Å². The molecular formula is C21H29N5O2. The average molecular weight is 383 g/mol. The first-order valence-electron chi connectivity index (χ1n) is 10.4. The number of piperidine rings is 1. The van der Waals surface area contributed by atoms with E-state index in [-0.39, 0.29) is 23.8 Å². The van der Waals surface area contributed by atoms with E-state index in [1.165, 1.54) is 0 Å². The summed E-state index contributed by atoms with van der Waals surface area (Å²) in [6, 6.07) is 2.13. The number of carbonyl (C=O) groups is 2. The molecule has 7 nitrogen and oxygen atoms in total. The van der Waals surface area contributed by atoms with Crippen LogP contribution in [0, 0.1) is 12.8 Å². The van der Waals surface area contributed by atoms with E-state index in [4.69, 9.17) is 0 Å². The van der Waals surface area contributed by atoms with Crippen LogP contribution in [0.3, 0.4) is 0 Å². The van der Waals surface area contributed by atoms with Gasteiger partial charge in [-0.1, -0.05) is 0 Å². The standard InChI is InChI=1S/C21H29N5O2/c1-14(2)26-19-17(13-22-26)12-18(15(3)23-19)21(28)25-10-6-16(7-11-25)20(27)24-8-4-5-9-24/h12-14,16H,4-11H2,1-3H3. The maximum Gasteiger partial charge on any atom is 0.255 e. The third-order valence-electron chi connectivity index (χ3n) is 6.03. The van der Waals surface area contributed by atoms with Crippen LogP contribution in [0.1, 0.15) is 61.6 Å². The van der Waals surface area contributed by atoms with Gasteiger partial charge in [0.1, 0.15) is 0 Å². The number of nitrogens with zero attached hydrogens (tertiary/aromatic N) is 5. The zero-order chi connectivity index (χ0) is 19.8. The summed E-state index contributed by atoms with van der Waals surface area (Å²) in [5, 5.41) is 5.29. The van der Waals surface area contributed by atoms with E-state index in [0.29, 0.717) is 18.7 Å². The van der Waals surface area contributed by atoms with Gasteiger partial charge in [0.15, 0.2) is 5.65 Å². The van der Waals surface area contributed by atoms with Crippen LogP contribution in [0.25, 0.3) is 11.0 Å². The van der Waals surface area contributed by atoms with E-state index in [2.05, 4.69) is 23.9 Å². The molecular weight excluding hydrogens is 354 g/mol. The zero-order valence-electron chi connectivity index (χ0n) is 17.0. The van der Waals surface area contributed by atoms with Crippen molar-refractivity contribution in [3.05, 3.63) is 23.5 Å². The van der Waals surface area contributed by atoms with E-state index in [9.17, 15) is 9.59 Å². The van der Waals surface area contributed by atoms with Gasteiger partial charge < -0.3 is 9.80 Å². The van der Waals surface area contributed by atoms with Crippen molar-refractivity contribution in [1.82, 2.24) is 24.6 Å². The fourth-order valence-corrected chi connectivity index (χ4v) is 4.36. The van der Waals surface area contributed by atoms with E-state index in [1.807, 2.05) is 27.5 Å². The lowest BCUT2D eigenvalue weighted by molar-refractivity contribution is -0.135. The number of fused-ring (bicyclic) bond motifs is 1. The zero-order valence-corrected chi connectivity index (χ0v) is 17.0. The molecule has 0 aliphatic carbocycles. The van der Waals surface area contributed by atoms with Gasteiger partial charge in [-0.05, 0) is 52.5 Å². The van der Waals surface area contributed by atoms with E-state index >= 15 is 0 Å². The van der Waals surface area contributed by atoms with Crippen molar-refractivity contribution >= 4 is 22.8 Å². The smallest absolute Gasteiger partial charge is 0.255 e. The SMILES string of the molecule is Cc1nc2c(cnn2C(C)C)cc1C(=O)N1CCC(C(=O)N2CCCC2)CC1. The van der Waals surface area contributed by atoms with Gasteiger partial charge in [-0.25, -0.2) is 9.67 Å². The predicted molar refractivity (Wildman–Crippen MR) is 107 cm³/mol. The van der Waals surface area contributed by atoms with Crippen LogP contribution in [0.5, 0.6) is 0 Å². The van der Waals surface area contributed by atoms with Gasteiger partial charge in [-0.15, -0.1) is 0 Å². The minimum atomic E-state index is 0.0104. The Morgan fingerprint density at radius 3 is 2.39 bits per heavy atom. The van der Waals surface area contributed by atoms with Crippen molar-refractivity contribution in [3.63, 3.8) is 0 Å². The first kappa shape index (κ1) is 18.9. The lowest BCUT2D eigenvalue weighted by Gasteiger charge is -2.33. The van der Waals surface area contributed by atoms with Crippen molar-refractivity contribution in [2.75, 3.05) is 26.2 Å². The second kappa shape index (κ2) is 7.53. The number of hydrogen-bond donors (Lipinski definition) is 0. The van der Waals surface area contributed by atoms with Crippen molar-refractivity contribution in [2.45, 2.75) is 52.5 Å². The number of pyridine rings is 1. The second-order valence-electron chi connectivity index (χ2n) is 8.32. The van der Waals surface area contributed by atoms with Crippen molar-refractivity contribution in [1.29, 1.82) is 0 Å². The molecule has 7 heteroatoms. The van der Waals surface area contributed by atoms with Crippen LogP contribution in [0.15, 0.2) is 12.3 Å². The molecule has 4 rings (SSSR count). The summed E-state index contributed by atoms with van der Waals surface area (Å²) in [6.45, 7) is 9.07. The first-order chi connectivity index (χ1) is 13.5. The lowest BCUT2D eigenvalue weighted by Crippen LogP contribution is -2.44. The molecule has 0 spiro atoms. The highest BCUT2D eigenvalue weighted by Gasteiger charge is 2.32. The molecule has 2 amide bonds. The third-order valence-corrected chi connectivity index (χ3v) is 6.03. The normalized spacial score (nSPS) is 18.4. The molecule has 4 heterocycles. The molecule has 0 unspecified atom stereocenters. The van der Waals surface area contributed by atoms with Gasteiger partial charge in [-0.2, -0.15) is 5.10 Å². The van der Waals surface area contributed by atoms with Crippen LogP contribution in [-0.2, 0) is 4.79 Å². The Balaban J connectivity index is 1.46. The second-order valence-corrected chi connectivity index (χ2v) is 8.32. The van der Waals surface area contributed by atoms with Crippen LogP contribution < -0.4 is 0 Å². The topological polar surface area (TPSA) is 71.3 Å². The summed E-state index contributed by atoms with van der Waals surface area (Å²) in [5.74, 6) is 0.356. The minimum absolute atomic E-state index is 0.0104. The third kappa shape index (κ3) is 3.38. The van der Waals surface area contributed by atoms with Gasteiger partial charge >= 0.3 is 0 Å². The van der Waals surface area contributed by atoms with Gasteiger partial charge in [0.2, 0.25) is 5.91 Å². The van der Waals surface area contributed by atoms with E-state index in [0.717, 1.165) is 55.5 Å². The quantitative estimate of drug-likeness (QED) is 0.817. The summed E-state index contributed by atoms with van der Waals surface area (Å²) >= 11 is 0. The Bertz CT molecular complexity index is 890. The number of likely N-dealkylation sites (tertiary alicyclic amines) is 2. The fraction of sp³-hybridized carbons (Fsp3) is 0.619. The molecule has 0 atom stereocenters. The fourth-order valence-electron chi connectivity index (χ4n) is 4.36. The minimum Gasteiger partial charge on any atom is -0.342 e. The number of hydrogen-bond acceptors (Lipinski definition) is 4. The van der Waals surface area contributed by atoms with Gasteiger partial charge in [0, 0.05) is 43.5 Å². The molecule has 150 valence electrons. The molecule has 28 heavy (non-hydrogen) atoms. The number of carbonyl (C=O) groups excluding carboxylic acids is 2. The van der Waals surface area contributed by atoms with E-state index in [1.54, 1.807) is 6.20 Å². The summed E-state index contributed by atoms with van der Waals surface area (Å²) in [4.78, 5) is 34.2. The Kier molecular flexibility index (Phi) is 5.08. The van der Waals surface area contributed by atoms with Gasteiger partial charge in [0.05, 0.1) is 17.5 Å². The molecule has 2 fully saturated rings. The summed E-state index contributed by atoms with van der Waals surface area (Å²) in [6.07, 6.45) is 5.51. The maximum atomic E-state index is 13.1.